The highest BCUT2D eigenvalue weighted by Gasteiger charge is 2.55. The average molecular weight is 436 g/mol. The lowest BCUT2D eigenvalue weighted by atomic mass is 9.86. The van der Waals surface area contributed by atoms with Gasteiger partial charge in [-0.05, 0) is 38.3 Å². The van der Waals surface area contributed by atoms with Gasteiger partial charge >= 0.3 is 0 Å². The number of benzene rings is 1. The molecule has 10 heteroatoms. The summed E-state index contributed by atoms with van der Waals surface area (Å²) >= 11 is 0. The van der Waals surface area contributed by atoms with Crippen molar-refractivity contribution in [2.75, 3.05) is 16.3 Å². The summed E-state index contributed by atoms with van der Waals surface area (Å²) in [5, 5.41) is 4.50. The molecule has 1 fully saturated rings. The Kier molecular flexibility index (Phi) is 4.02. The molecule has 0 spiro atoms. The molecule has 2 atom stereocenters. The first-order valence-electron chi connectivity index (χ1n) is 10.8. The van der Waals surface area contributed by atoms with E-state index in [2.05, 4.69) is 37.2 Å². The number of imidazole rings is 1. The van der Waals surface area contributed by atoms with Gasteiger partial charge < -0.3 is 4.90 Å². The Morgan fingerprint density at radius 1 is 1.19 bits per heavy atom. The normalized spacial score (nSPS) is 23.5. The number of halogens is 2. The standard InChI is InChI=1S/C22H22F2N8/c1-3-22-5-4-7-31(22)19-17(32-13(2)28-29-20(22)32)12-26-21(27-19)30-8-6-25-18(30)14-9-15(23)11-16(24)10-14/h6,8-12,20,29H,3-5,7H2,1-2H3/t20?,22-/m0/s1. The molecular weight excluding hydrogens is 414 g/mol. The smallest absolute Gasteiger partial charge is 0.237 e. The van der Waals surface area contributed by atoms with Crippen molar-refractivity contribution >= 4 is 17.3 Å². The summed E-state index contributed by atoms with van der Waals surface area (Å²) in [7, 11) is 0. The molecule has 3 aromatic rings. The molecule has 3 aliphatic rings. The molecule has 1 saturated heterocycles. The van der Waals surface area contributed by atoms with Crippen LogP contribution in [0.3, 0.4) is 0 Å². The van der Waals surface area contributed by atoms with Gasteiger partial charge in [0.15, 0.2) is 5.82 Å². The van der Waals surface area contributed by atoms with Crippen LogP contribution >= 0.6 is 0 Å². The molecule has 32 heavy (non-hydrogen) atoms. The number of amidine groups is 1. The van der Waals surface area contributed by atoms with E-state index in [1.807, 2.05) is 6.92 Å². The zero-order valence-electron chi connectivity index (χ0n) is 17.8. The fourth-order valence-corrected chi connectivity index (χ4v) is 5.39. The second-order valence-corrected chi connectivity index (χ2v) is 8.43. The van der Waals surface area contributed by atoms with E-state index in [0.29, 0.717) is 17.3 Å². The summed E-state index contributed by atoms with van der Waals surface area (Å²) in [4.78, 5) is 18.4. The number of nitrogens with zero attached hydrogens (tertiary/aromatic N) is 7. The van der Waals surface area contributed by atoms with Crippen molar-refractivity contribution in [1.82, 2.24) is 24.9 Å². The van der Waals surface area contributed by atoms with E-state index in [1.165, 1.54) is 12.1 Å². The Balaban J connectivity index is 1.50. The van der Waals surface area contributed by atoms with Crippen LogP contribution in [0.4, 0.5) is 20.3 Å². The monoisotopic (exact) mass is 436 g/mol. The highest BCUT2D eigenvalue weighted by molar-refractivity contribution is 6.01. The van der Waals surface area contributed by atoms with Crippen LogP contribution in [0.25, 0.3) is 17.3 Å². The van der Waals surface area contributed by atoms with Crippen LogP contribution in [0, 0.1) is 11.6 Å². The Morgan fingerprint density at radius 3 is 2.78 bits per heavy atom. The van der Waals surface area contributed by atoms with Gasteiger partial charge in [-0.1, -0.05) is 6.92 Å². The van der Waals surface area contributed by atoms with E-state index < -0.39 is 11.6 Å². The van der Waals surface area contributed by atoms with E-state index in [0.717, 1.165) is 49.2 Å². The van der Waals surface area contributed by atoms with Gasteiger partial charge in [0, 0.05) is 30.6 Å². The average Bonchev–Trinajstić information content (AvgIpc) is 3.51. The van der Waals surface area contributed by atoms with Crippen LogP contribution in [0.1, 0.15) is 33.1 Å². The number of hydrogen-bond donors (Lipinski definition) is 1. The van der Waals surface area contributed by atoms with Crippen molar-refractivity contribution in [3.8, 4) is 17.3 Å². The van der Waals surface area contributed by atoms with Gasteiger partial charge in [0.2, 0.25) is 5.95 Å². The number of nitrogens with one attached hydrogen (secondary N) is 1. The second-order valence-electron chi connectivity index (χ2n) is 8.43. The highest BCUT2D eigenvalue weighted by atomic mass is 19.1. The van der Waals surface area contributed by atoms with E-state index in [4.69, 9.17) is 4.98 Å². The van der Waals surface area contributed by atoms with E-state index in [-0.39, 0.29) is 11.7 Å². The SMILES string of the molecule is CC[C@@]12CCCN1c1nc(-n3ccnc3-c3cc(F)cc(F)c3)ncc1N1C(C)=NNC12. The lowest BCUT2D eigenvalue weighted by Crippen LogP contribution is -2.66. The van der Waals surface area contributed by atoms with Crippen molar-refractivity contribution < 1.29 is 8.78 Å². The Labute approximate surface area is 183 Å². The minimum Gasteiger partial charge on any atom is -0.345 e. The molecule has 1 aromatic carbocycles. The summed E-state index contributed by atoms with van der Waals surface area (Å²) in [6, 6.07) is 3.35. The van der Waals surface area contributed by atoms with Gasteiger partial charge in [0.25, 0.3) is 0 Å². The second kappa shape index (κ2) is 6.72. The third-order valence-corrected chi connectivity index (χ3v) is 6.84. The fraction of sp³-hybridized carbons (Fsp3) is 0.364. The van der Waals surface area contributed by atoms with E-state index >= 15 is 0 Å². The zero-order chi connectivity index (χ0) is 22.0. The molecule has 5 heterocycles. The third-order valence-electron chi connectivity index (χ3n) is 6.84. The molecule has 0 bridgehead atoms. The number of hydrazone groups is 1. The van der Waals surface area contributed by atoms with E-state index in [9.17, 15) is 8.78 Å². The quantitative estimate of drug-likeness (QED) is 0.678. The molecule has 0 aliphatic carbocycles. The first-order valence-corrected chi connectivity index (χ1v) is 10.8. The summed E-state index contributed by atoms with van der Waals surface area (Å²) in [6.45, 7) is 5.07. The molecule has 0 radical (unpaired) electrons. The fourth-order valence-electron chi connectivity index (χ4n) is 5.39. The minimum absolute atomic E-state index is 0.0380. The molecule has 1 unspecified atom stereocenters. The summed E-state index contributed by atoms with van der Waals surface area (Å²) in [5.41, 5.74) is 4.43. The number of rotatable bonds is 3. The maximum atomic E-state index is 13.8. The van der Waals surface area contributed by atoms with Gasteiger partial charge in [-0.2, -0.15) is 10.1 Å². The van der Waals surface area contributed by atoms with Gasteiger partial charge in [-0.15, -0.1) is 0 Å². The predicted octanol–water partition coefficient (Wildman–Crippen LogP) is 3.44. The first-order chi connectivity index (χ1) is 15.5. The summed E-state index contributed by atoms with van der Waals surface area (Å²) in [5.74, 6) is 1.18. The number of aromatic nitrogens is 4. The van der Waals surface area contributed by atoms with Crippen molar-refractivity contribution in [3.63, 3.8) is 0 Å². The van der Waals surface area contributed by atoms with E-state index in [1.54, 1.807) is 23.2 Å². The van der Waals surface area contributed by atoms with Gasteiger partial charge in [0.05, 0.1) is 11.7 Å². The number of fused-ring (bicyclic) bond motifs is 6. The molecule has 3 aliphatic heterocycles. The molecule has 0 saturated carbocycles. The maximum Gasteiger partial charge on any atom is 0.237 e. The zero-order valence-corrected chi connectivity index (χ0v) is 17.8. The van der Waals surface area contributed by atoms with Crippen LogP contribution in [-0.2, 0) is 0 Å². The summed E-state index contributed by atoms with van der Waals surface area (Å²) in [6.07, 6.45) is 8.16. The Bertz CT molecular complexity index is 1230. The molecular formula is C22H22F2N8. The van der Waals surface area contributed by atoms with Crippen molar-refractivity contribution in [1.29, 1.82) is 0 Å². The van der Waals surface area contributed by atoms with Crippen molar-refractivity contribution in [3.05, 3.63) is 48.4 Å². The first kappa shape index (κ1) is 19.1. The number of anilines is 2. The van der Waals surface area contributed by atoms with Gasteiger partial charge in [-0.3, -0.25) is 14.9 Å². The molecule has 0 amide bonds. The molecule has 2 aromatic heterocycles. The lowest BCUT2D eigenvalue weighted by molar-refractivity contribution is 0.295. The van der Waals surface area contributed by atoms with Crippen LogP contribution in [0.5, 0.6) is 0 Å². The topological polar surface area (TPSA) is 74.5 Å². The maximum absolute atomic E-state index is 13.8. The van der Waals surface area contributed by atoms with Crippen molar-refractivity contribution in [2.24, 2.45) is 5.10 Å². The Morgan fingerprint density at radius 2 is 2.00 bits per heavy atom. The van der Waals surface area contributed by atoms with Gasteiger partial charge in [-0.25, -0.2) is 18.7 Å². The Hall–Kier alpha value is -3.56. The van der Waals surface area contributed by atoms with Crippen molar-refractivity contribution in [2.45, 2.75) is 44.8 Å². The van der Waals surface area contributed by atoms with Gasteiger partial charge in [0.1, 0.15) is 35.1 Å². The van der Waals surface area contributed by atoms with Crippen LogP contribution in [0.2, 0.25) is 0 Å². The third kappa shape index (κ3) is 2.52. The molecule has 1 N–H and O–H groups in total. The summed E-state index contributed by atoms with van der Waals surface area (Å²) < 4.78 is 29.3. The van der Waals surface area contributed by atoms with Crippen LogP contribution < -0.4 is 15.2 Å². The molecule has 6 rings (SSSR count). The predicted molar refractivity (Wildman–Crippen MR) is 117 cm³/mol. The minimum atomic E-state index is -0.659. The van der Waals surface area contributed by atoms with Crippen LogP contribution in [0.15, 0.2) is 41.9 Å². The molecule has 164 valence electrons. The lowest BCUT2D eigenvalue weighted by Gasteiger charge is -2.51. The highest BCUT2D eigenvalue weighted by Crippen LogP contribution is 2.49. The largest absolute Gasteiger partial charge is 0.345 e. The number of hydrogen-bond acceptors (Lipinski definition) is 7. The molecule has 8 nitrogen and oxygen atoms in total. The van der Waals surface area contributed by atoms with Crippen LogP contribution in [-0.4, -0.2) is 43.6 Å².